The van der Waals surface area contributed by atoms with Gasteiger partial charge in [-0.2, -0.15) is 0 Å². The topological polar surface area (TPSA) is 92.5 Å². The largest absolute Gasteiger partial charge is 0.481 e. The predicted octanol–water partition coefficient (Wildman–Crippen LogP) is 2.83. The molecular formula is C11H13ClN2O4. The smallest absolute Gasteiger partial charge is 0.303 e. The quantitative estimate of drug-likeness (QED) is 0.472. The summed E-state index contributed by atoms with van der Waals surface area (Å²) in [6.45, 7) is 2.20. The Morgan fingerprint density at radius 1 is 1.56 bits per heavy atom. The van der Waals surface area contributed by atoms with Crippen LogP contribution >= 0.6 is 11.6 Å². The normalized spacial score (nSPS) is 10.1. The van der Waals surface area contributed by atoms with Gasteiger partial charge in [0.15, 0.2) is 0 Å². The van der Waals surface area contributed by atoms with Crippen molar-refractivity contribution < 1.29 is 14.8 Å². The molecule has 0 saturated carbocycles. The number of anilines is 1. The summed E-state index contributed by atoms with van der Waals surface area (Å²) in [6.07, 6.45) is 0.552. The number of carbonyl (C=O) groups is 1. The minimum Gasteiger partial charge on any atom is -0.481 e. The van der Waals surface area contributed by atoms with Gasteiger partial charge in [0, 0.05) is 24.7 Å². The second-order valence-corrected chi connectivity index (χ2v) is 4.21. The molecule has 0 aliphatic heterocycles. The molecule has 0 spiro atoms. The number of nitro groups is 1. The number of rotatable bonds is 6. The number of aliphatic carboxylic acids is 1. The maximum absolute atomic E-state index is 10.7. The van der Waals surface area contributed by atoms with Crippen molar-refractivity contribution >= 4 is 28.9 Å². The summed E-state index contributed by atoms with van der Waals surface area (Å²) in [4.78, 5) is 20.4. The highest BCUT2D eigenvalue weighted by molar-refractivity contribution is 6.33. The van der Waals surface area contributed by atoms with Crippen molar-refractivity contribution in [3.05, 3.63) is 32.8 Å². The Labute approximate surface area is 109 Å². The summed E-state index contributed by atoms with van der Waals surface area (Å²) >= 11 is 5.78. The summed E-state index contributed by atoms with van der Waals surface area (Å²) in [7, 11) is 0. The first-order chi connectivity index (χ1) is 8.41. The van der Waals surface area contributed by atoms with Crippen LogP contribution in [0.1, 0.15) is 18.4 Å². The van der Waals surface area contributed by atoms with E-state index in [2.05, 4.69) is 5.32 Å². The van der Waals surface area contributed by atoms with Crippen LogP contribution in [-0.4, -0.2) is 22.5 Å². The molecule has 0 amide bonds. The number of aryl methyl sites for hydroxylation is 1. The molecule has 0 bridgehead atoms. The van der Waals surface area contributed by atoms with Crippen molar-refractivity contribution in [1.29, 1.82) is 0 Å². The average molecular weight is 273 g/mol. The van der Waals surface area contributed by atoms with Gasteiger partial charge in [0.25, 0.3) is 5.69 Å². The van der Waals surface area contributed by atoms with Gasteiger partial charge >= 0.3 is 5.97 Å². The molecule has 1 aromatic rings. The standard InChI is InChI=1S/C11H13ClN2O4/c1-7-5-10(14(17)18)8(12)6-9(7)13-4-2-3-11(15)16/h5-6,13H,2-4H2,1H3,(H,15,16). The number of carboxylic acids is 1. The van der Waals surface area contributed by atoms with Crippen LogP contribution in [0.4, 0.5) is 11.4 Å². The van der Waals surface area contributed by atoms with Crippen LogP contribution in [0.5, 0.6) is 0 Å². The Bertz CT molecular complexity index is 476. The molecular weight excluding hydrogens is 260 g/mol. The number of nitrogens with zero attached hydrogens (tertiary/aromatic N) is 1. The first-order valence-electron chi connectivity index (χ1n) is 5.32. The lowest BCUT2D eigenvalue weighted by Crippen LogP contribution is -2.06. The molecule has 0 fully saturated rings. The van der Waals surface area contributed by atoms with E-state index in [-0.39, 0.29) is 17.1 Å². The molecule has 0 unspecified atom stereocenters. The second kappa shape index (κ2) is 6.20. The molecule has 0 radical (unpaired) electrons. The van der Waals surface area contributed by atoms with Crippen LogP contribution < -0.4 is 5.32 Å². The third-order valence-electron chi connectivity index (χ3n) is 2.37. The highest BCUT2D eigenvalue weighted by Crippen LogP contribution is 2.30. The summed E-state index contributed by atoms with van der Waals surface area (Å²) in [6, 6.07) is 2.87. The van der Waals surface area contributed by atoms with Crippen molar-refractivity contribution in [3.8, 4) is 0 Å². The number of hydrogen-bond donors (Lipinski definition) is 2. The van der Waals surface area contributed by atoms with Gasteiger partial charge < -0.3 is 10.4 Å². The van der Waals surface area contributed by atoms with E-state index in [4.69, 9.17) is 16.7 Å². The molecule has 98 valence electrons. The zero-order valence-electron chi connectivity index (χ0n) is 9.77. The Morgan fingerprint density at radius 2 is 2.22 bits per heavy atom. The fourth-order valence-electron chi connectivity index (χ4n) is 1.46. The van der Waals surface area contributed by atoms with Crippen LogP contribution in [0.2, 0.25) is 5.02 Å². The van der Waals surface area contributed by atoms with Crippen molar-refractivity contribution in [2.24, 2.45) is 0 Å². The fourth-order valence-corrected chi connectivity index (χ4v) is 1.69. The molecule has 0 aromatic heterocycles. The molecule has 2 N–H and O–H groups in total. The van der Waals surface area contributed by atoms with Gasteiger partial charge in [0.2, 0.25) is 0 Å². The van der Waals surface area contributed by atoms with Crippen molar-refractivity contribution in [3.63, 3.8) is 0 Å². The van der Waals surface area contributed by atoms with Gasteiger partial charge in [-0.15, -0.1) is 0 Å². The van der Waals surface area contributed by atoms with E-state index in [1.807, 2.05) is 0 Å². The molecule has 0 heterocycles. The first kappa shape index (κ1) is 14.2. The van der Waals surface area contributed by atoms with Crippen LogP contribution in [0.3, 0.4) is 0 Å². The minimum absolute atomic E-state index is 0.0614. The highest BCUT2D eigenvalue weighted by Gasteiger charge is 2.14. The zero-order chi connectivity index (χ0) is 13.7. The highest BCUT2D eigenvalue weighted by atomic mass is 35.5. The third kappa shape index (κ3) is 3.89. The Kier molecular flexibility index (Phi) is 4.91. The lowest BCUT2D eigenvalue weighted by atomic mass is 10.1. The monoisotopic (exact) mass is 272 g/mol. The summed E-state index contributed by atoms with van der Waals surface area (Å²) in [5, 5.41) is 22.2. The molecule has 0 aliphatic carbocycles. The summed E-state index contributed by atoms with van der Waals surface area (Å²) < 4.78 is 0. The number of nitrogens with one attached hydrogen (secondary N) is 1. The molecule has 0 atom stereocenters. The summed E-state index contributed by atoms with van der Waals surface area (Å²) in [5.74, 6) is -0.852. The molecule has 18 heavy (non-hydrogen) atoms. The average Bonchev–Trinajstić information content (AvgIpc) is 2.27. The van der Waals surface area contributed by atoms with Crippen molar-refractivity contribution in [1.82, 2.24) is 0 Å². The van der Waals surface area contributed by atoms with Gasteiger partial charge in [-0.1, -0.05) is 11.6 Å². The van der Waals surface area contributed by atoms with E-state index >= 15 is 0 Å². The van der Waals surface area contributed by atoms with E-state index in [9.17, 15) is 14.9 Å². The Hall–Kier alpha value is -1.82. The van der Waals surface area contributed by atoms with Crippen LogP contribution in [0, 0.1) is 17.0 Å². The predicted molar refractivity (Wildman–Crippen MR) is 68.2 cm³/mol. The second-order valence-electron chi connectivity index (χ2n) is 3.80. The van der Waals surface area contributed by atoms with Gasteiger partial charge in [0.1, 0.15) is 5.02 Å². The lowest BCUT2D eigenvalue weighted by molar-refractivity contribution is -0.384. The van der Waals surface area contributed by atoms with E-state index in [0.29, 0.717) is 24.2 Å². The zero-order valence-corrected chi connectivity index (χ0v) is 10.5. The van der Waals surface area contributed by atoms with Crippen LogP contribution in [-0.2, 0) is 4.79 Å². The number of hydrogen-bond acceptors (Lipinski definition) is 4. The van der Waals surface area contributed by atoms with E-state index in [0.717, 1.165) is 0 Å². The molecule has 7 heteroatoms. The van der Waals surface area contributed by atoms with Gasteiger partial charge in [-0.3, -0.25) is 14.9 Å². The molecule has 6 nitrogen and oxygen atoms in total. The Morgan fingerprint density at radius 3 is 2.78 bits per heavy atom. The minimum atomic E-state index is -0.852. The summed E-state index contributed by atoms with van der Waals surface area (Å²) in [5.41, 5.74) is 1.24. The number of carboxylic acid groups (broad SMARTS) is 1. The number of benzene rings is 1. The fraction of sp³-hybridized carbons (Fsp3) is 0.364. The SMILES string of the molecule is Cc1cc([N+](=O)[O-])c(Cl)cc1NCCCC(=O)O. The van der Waals surface area contributed by atoms with Gasteiger partial charge in [0.05, 0.1) is 4.92 Å². The lowest BCUT2D eigenvalue weighted by Gasteiger charge is -2.09. The van der Waals surface area contributed by atoms with Gasteiger partial charge in [-0.25, -0.2) is 0 Å². The molecule has 0 aliphatic rings. The van der Waals surface area contributed by atoms with E-state index < -0.39 is 10.9 Å². The first-order valence-corrected chi connectivity index (χ1v) is 5.70. The molecule has 1 rings (SSSR count). The maximum atomic E-state index is 10.7. The van der Waals surface area contributed by atoms with Gasteiger partial charge in [-0.05, 0) is 25.0 Å². The van der Waals surface area contributed by atoms with Crippen LogP contribution in [0.25, 0.3) is 0 Å². The van der Waals surface area contributed by atoms with Crippen LogP contribution in [0.15, 0.2) is 12.1 Å². The molecule has 1 aromatic carbocycles. The number of halogens is 1. The van der Waals surface area contributed by atoms with Crippen molar-refractivity contribution in [2.75, 3.05) is 11.9 Å². The van der Waals surface area contributed by atoms with Crippen molar-refractivity contribution in [2.45, 2.75) is 19.8 Å². The maximum Gasteiger partial charge on any atom is 0.303 e. The Balaban J connectivity index is 2.70. The third-order valence-corrected chi connectivity index (χ3v) is 2.68. The van der Waals surface area contributed by atoms with E-state index in [1.54, 1.807) is 6.92 Å². The number of nitro benzene ring substituents is 1. The molecule has 0 saturated heterocycles. The van der Waals surface area contributed by atoms with E-state index in [1.165, 1.54) is 12.1 Å².